The summed E-state index contributed by atoms with van der Waals surface area (Å²) in [6.07, 6.45) is 0. The largest absolute Gasteiger partial charge is 0.493 e. The Labute approximate surface area is 142 Å². The van der Waals surface area contributed by atoms with Crippen LogP contribution in [0.2, 0.25) is 0 Å². The first-order chi connectivity index (χ1) is 11.0. The van der Waals surface area contributed by atoms with Crippen LogP contribution < -0.4 is 19.9 Å². The van der Waals surface area contributed by atoms with Crippen LogP contribution in [-0.2, 0) is 0 Å². The van der Waals surface area contributed by atoms with Crippen LogP contribution in [0.4, 0.5) is 0 Å². The van der Waals surface area contributed by atoms with E-state index < -0.39 is 0 Å². The lowest BCUT2D eigenvalue weighted by Crippen LogP contribution is -2.15. The average Bonchev–Trinajstić information content (AvgIpc) is 2.54. The van der Waals surface area contributed by atoms with E-state index in [9.17, 15) is 0 Å². The van der Waals surface area contributed by atoms with Gasteiger partial charge in [-0.15, -0.1) is 0 Å². The van der Waals surface area contributed by atoms with Gasteiger partial charge in [0.15, 0.2) is 11.5 Å². The molecule has 0 aliphatic carbocycles. The van der Waals surface area contributed by atoms with Crippen molar-refractivity contribution in [3.63, 3.8) is 0 Å². The summed E-state index contributed by atoms with van der Waals surface area (Å²) >= 11 is 5.05. The summed E-state index contributed by atoms with van der Waals surface area (Å²) in [6, 6.07) is 11.4. The number of hydrogen-bond acceptors (Lipinski definition) is 4. The third-order valence-corrected chi connectivity index (χ3v) is 3.76. The van der Waals surface area contributed by atoms with E-state index in [1.165, 1.54) is 11.1 Å². The van der Waals surface area contributed by atoms with Crippen molar-refractivity contribution in [3.8, 4) is 17.2 Å². The summed E-state index contributed by atoms with van der Waals surface area (Å²) < 4.78 is 16.8. The van der Waals surface area contributed by atoms with E-state index in [1.807, 2.05) is 30.3 Å². The Kier molecular flexibility index (Phi) is 5.82. The van der Waals surface area contributed by atoms with Crippen molar-refractivity contribution in [3.05, 3.63) is 53.1 Å². The molecule has 0 saturated carbocycles. The Morgan fingerprint density at radius 3 is 2.43 bits per heavy atom. The lowest BCUT2D eigenvalue weighted by atomic mass is 10.1. The number of hydrogen-bond donors (Lipinski definition) is 1. The second-order valence-electron chi connectivity index (χ2n) is 5.14. The molecule has 0 aliphatic heterocycles. The van der Waals surface area contributed by atoms with Crippen LogP contribution in [0.25, 0.3) is 0 Å². The zero-order valence-electron chi connectivity index (χ0n) is 13.6. The summed E-state index contributed by atoms with van der Waals surface area (Å²) in [7, 11) is 1.58. The van der Waals surface area contributed by atoms with Crippen LogP contribution in [0.1, 0.15) is 16.7 Å². The maximum Gasteiger partial charge on any atom is 0.171 e. The lowest BCUT2D eigenvalue weighted by Gasteiger charge is -2.15. The van der Waals surface area contributed by atoms with Crippen molar-refractivity contribution in [1.29, 1.82) is 0 Å². The van der Waals surface area contributed by atoms with Gasteiger partial charge in [-0.1, -0.05) is 24.4 Å². The molecule has 0 atom stereocenters. The molecular formula is C18H21NO3S. The molecule has 0 unspecified atom stereocenters. The highest BCUT2D eigenvalue weighted by atomic mass is 32.1. The minimum Gasteiger partial charge on any atom is -0.493 e. The van der Waals surface area contributed by atoms with Gasteiger partial charge >= 0.3 is 0 Å². The van der Waals surface area contributed by atoms with Gasteiger partial charge in [0.1, 0.15) is 24.0 Å². The Morgan fingerprint density at radius 1 is 1.04 bits per heavy atom. The second kappa shape index (κ2) is 7.83. The molecule has 0 heterocycles. The average molecular weight is 331 g/mol. The standard InChI is InChI=1S/C18H21NO3S/c1-12-7-8-14(11-13(12)2)21-9-10-22-17-15(18(19)23)5-4-6-16(17)20-3/h4-8,11H,9-10H2,1-3H3,(H2,19,23). The molecular weight excluding hydrogens is 310 g/mol. The van der Waals surface area contributed by atoms with Crippen molar-refractivity contribution in [1.82, 2.24) is 0 Å². The van der Waals surface area contributed by atoms with E-state index >= 15 is 0 Å². The number of benzene rings is 2. The van der Waals surface area contributed by atoms with Crippen LogP contribution in [0, 0.1) is 13.8 Å². The highest BCUT2D eigenvalue weighted by Gasteiger charge is 2.12. The van der Waals surface area contributed by atoms with Gasteiger partial charge in [-0.3, -0.25) is 0 Å². The molecule has 0 radical (unpaired) electrons. The van der Waals surface area contributed by atoms with Gasteiger partial charge in [0.2, 0.25) is 0 Å². The normalized spacial score (nSPS) is 10.2. The van der Waals surface area contributed by atoms with E-state index in [-0.39, 0.29) is 4.99 Å². The number of thiocarbonyl (C=S) groups is 1. The molecule has 122 valence electrons. The molecule has 5 heteroatoms. The molecule has 0 aromatic heterocycles. The SMILES string of the molecule is COc1cccc(C(N)=S)c1OCCOc1ccc(C)c(C)c1. The Morgan fingerprint density at radius 2 is 1.78 bits per heavy atom. The van der Waals surface area contributed by atoms with Crippen LogP contribution in [0.3, 0.4) is 0 Å². The predicted octanol–water partition coefficient (Wildman–Crippen LogP) is 3.40. The minimum absolute atomic E-state index is 0.272. The molecule has 0 fully saturated rings. The van der Waals surface area contributed by atoms with E-state index in [0.29, 0.717) is 30.3 Å². The number of aryl methyl sites for hydroxylation is 2. The Hall–Kier alpha value is -2.27. The smallest absolute Gasteiger partial charge is 0.171 e. The predicted molar refractivity (Wildman–Crippen MR) is 95.8 cm³/mol. The maximum absolute atomic E-state index is 5.78. The van der Waals surface area contributed by atoms with E-state index in [2.05, 4.69) is 13.8 Å². The second-order valence-corrected chi connectivity index (χ2v) is 5.58. The Balaban J connectivity index is 1.98. The number of nitrogens with two attached hydrogens (primary N) is 1. The number of para-hydroxylation sites is 1. The number of ether oxygens (including phenoxy) is 3. The van der Waals surface area contributed by atoms with Gasteiger partial charge in [0, 0.05) is 0 Å². The van der Waals surface area contributed by atoms with E-state index in [0.717, 1.165) is 5.75 Å². The highest BCUT2D eigenvalue weighted by Crippen LogP contribution is 2.31. The first kappa shape index (κ1) is 17.1. The molecule has 0 saturated heterocycles. The van der Waals surface area contributed by atoms with E-state index in [4.69, 9.17) is 32.2 Å². The van der Waals surface area contributed by atoms with Crippen LogP contribution in [0.5, 0.6) is 17.2 Å². The third kappa shape index (κ3) is 4.36. The summed E-state index contributed by atoms with van der Waals surface area (Å²) in [6.45, 7) is 4.91. The fourth-order valence-corrected chi connectivity index (χ4v) is 2.29. The summed E-state index contributed by atoms with van der Waals surface area (Å²) in [5, 5.41) is 0. The zero-order valence-corrected chi connectivity index (χ0v) is 14.4. The summed E-state index contributed by atoms with van der Waals surface area (Å²) in [5.74, 6) is 1.97. The molecule has 0 bridgehead atoms. The van der Waals surface area contributed by atoms with Crippen molar-refractivity contribution < 1.29 is 14.2 Å². The monoisotopic (exact) mass is 331 g/mol. The van der Waals surface area contributed by atoms with Gasteiger partial charge in [-0.2, -0.15) is 0 Å². The molecule has 2 N–H and O–H groups in total. The minimum atomic E-state index is 0.272. The van der Waals surface area contributed by atoms with Crippen LogP contribution in [0.15, 0.2) is 36.4 Å². The van der Waals surface area contributed by atoms with Gasteiger partial charge < -0.3 is 19.9 Å². The molecule has 0 aliphatic rings. The van der Waals surface area contributed by atoms with Crippen LogP contribution >= 0.6 is 12.2 Å². The highest BCUT2D eigenvalue weighted by molar-refractivity contribution is 7.80. The van der Waals surface area contributed by atoms with Gasteiger partial charge in [0.05, 0.1) is 12.7 Å². The van der Waals surface area contributed by atoms with Gasteiger partial charge in [-0.05, 0) is 49.2 Å². The molecule has 2 rings (SSSR count). The van der Waals surface area contributed by atoms with Gasteiger partial charge in [0.25, 0.3) is 0 Å². The van der Waals surface area contributed by atoms with Gasteiger partial charge in [-0.25, -0.2) is 0 Å². The lowest BCUT2D eigenvalue weighted by molar-refractivity contribution is 0.211. The first-order valence-corrected chi connectivity index (χ1v) is 7.73. The van der Waals surface area contributed by atoms with Crippen molar-refractivity contribution in [2.45, 2.75) is 13.8 Å². The molecule has 0 amide bonds. The zero-order chi connectivity index (χ0) is 16.8. The molecule has 23 heavy (non-hydrogen) atoms. The Bertz CT molecular complexity index is 701. The quantitative estimate of drug-likeness (QED) is 0.622. The third-order valence-electron chi connectivity index (χ3n) is 3.54. The first-order valence-electron chi connectivity index (χ1n) is 7.32. The summed E-state index contributed by atoms with van der Waals surface area (Å²) in [5.41, 5.74) is 8.82. The fourth-order valence-electron chi connectivity index (χ4n) is 2.13. The molecule has 2 aromatic carbocycles. The number of methoxy groups -OCH3 is 1. The van der Waals surface area contributed by atoms with Crippen molar-refractivity contribution in [2.75, 3.05) is 20.3 Å². The molecule has 4 nitrogen and oxygen atoms in total. The van der Waals surface area contributed by atoms with Crippen molar-refractivity contribution in [2.24, 2.45) is 5.73 Å². The van der Waals surface area contributed by atoms with E-state index in [1.54, 1.807) is 13.2 Å². The molecule has 0 spiro atoms. The molecule has 2 aromatic rings. The topological polar surface area (TPSA) is 53.7 Å². The maximum atomic E-state index is 5.78. The van der Waals surface area contributed by atoms with Crippen LogP contribution in [-0.4, -0.2) is 25.3 Å². The van der Waals surface area contributed by atoms with Crippen molar-refractivity contribution >= 4 is 17.2 Å². The fraction of sp³-hybridized carbons (Fsp3) is 0.278. The summed E-state index contributed by atoms with van der Waals surface area (Å²) in [4.78, 5) is 0.272. The number of rotatable bonds is 7.